The molecule has 0 saturated carbocycles. The van der Waals surface area contributed by atoms with Crippen LogP contribution in [0.15, 0.2) is 79.0 Å². The Morgan fingerprint density at radius 2 is 1.58 bits per heavy atom. The van der Waals surface area contributed by atoms with Crippen molar-refractivity contribution in [3.8, 4) is 0 Å². The number of nitrogens with one attached hydrogen (secondary N) is 2. The van der Waals surface area contributed by atoms with Crippen LogP contribution in [0.25, 0.3) is 0 Å². The van der Waals surface area contributed by atoms with Crippen LogP contribution >= 0.6 is 11.6 Å². The van der Waals surface area contributed by atoms with Crippen molar-refractivity contribution in [2.45, 2.75) is 6.04 Å². The van der Waals surface area contributed by atoms with Gasteiger partial charge in [-0.2, -0.15) is 0 Å². The molecular formula is C21H21ClN3O+. The highest BCUT2D eigenvalue weighted by molar-refractivity contribution is 6.32. The van der Waals surface area contributed by atoms with Crippen LogP contribution in [0.4, 0.5) is 5.69 Å². The van der Waals surface area contributed by atoms with Gasteiger partial charge in [0.25, 0.3) is 5.91 Å². The quantitative estimate of drug-likeness (QED) is 0.659. The lowest BCUT2D eigenvalue weighted by atomic mass is 9.97. The lowest BCUT2D eigenvalue weighted by molar-refractivity contribution is -0.897. The molecule has 1 unspecified atom stereocenters. The number of nitrogens with zero attached hydrogens (tertiary/aromatic N) is 1. The third kappa shape index (κ3) is 4.48. The third-order valence-corrected chi connectivity index (χ3v) is 4.53. The van der Waals surface area contributed by atoms with Gasteiger partial charge >= 0.3 is 0 Å². The second-order valence-corrected chi connectivity index (χ2v) is 6.53. The molecule has 0 fully saturated rings. The fourth-order valence-corrected chi connectivity index (χ4v) is 3.25. The number of carbonyl (C=O) groups excluding carboxylic acids is 1. The van der Waals surface area contributed by atoms with Crippen molar-refractivity contribution in [1.29, 1.82) is 0 Å². The van der Waals surface area contributed by atoms with E-state index < -0.39 is 0 Å². The van der Waals surface area contributed by atoms with E-state index in [4.69, 9.17) is 11.6 Å². The van der Waals surface area contributed by atoms with E-state index in [1.54, 1.807) is 18.3 Å². The molecule has 2 N–H and O–H groups in total. The van der Waals surface area contributed by atoms with E-state index in [1.165, 1.54) is 11.1 Å². The number of hydrogen-bond donors (Lipinski definition) is 2. The monoisotopic (exact) mass is 366 g/mol. The highest BCUT2D eigenvalue weighted by atomic mass is 35.5. The number of benzene rings is 2. The van der Waals surface area contributed by atoms with Crippen LogP contribution in [-0.4, -0.2) is 24.5 Å². The Kier molecular flexibility index (Phi) is 6.00. The molecule has 0 aliphatic carbocycles. The predicted octanol–water partition coefficient (Wildman–Crippen LogP) is 2.98. The van der Waals surface area contributed by atoms with Gasteiger partial charge in [-0.15, -0.1) is 0 Å². The van der Waals surface area contributed by atoms with Gasteiger partial charge in [0.05, 0.1) is 12.7 Å². The fraction of sp³-hybridized carbons (Fsp3) is 0.143. The first-order valence-electron chi connectivity index (χ1n) is 8.47. The highest BCUT2D eigenvalue weighted by Crippen LogP contribution is 2.19. The largest absolute Gasteiger partial charge is 0.320 e. The van der Waals surface area contributed by atoms with Gasteiger partial charge in [-0.3, -0.25) is 4.79 Å². The number of rotatable bonds is 6. The van der Waals surface area contributed by atoms with Gasteiger partial charge in [0, 0.05) is 17.3 Å². The molecule has 0 saturated heterocycles. The van der Waals surface area contributed by atoms with Gasteiger partial charge in [-0.1, -0.05) is 72.3 Å². The summed E-state index contributed by atoms with van der Waals surface area (Å²) in [7, 11) is 2.02. The molecule has 0 aliphatic rings. The lowest BCUT2D eigenvalue weighted by Crippen LogP contribution is -3.10. The number of pyridine rings is 1. The van der Waals surface area contributed by atoms with E-state index in [1.807, 2.05) is 43.4 Å². The molecule has 1 amide bonds. The topological polar surface area (TPSA) is 46.4 Å². The van der Waals surface area contributed by atoms with E-state index in [0.717, 1.165) is 4.90 Å². The Morgan fingerprint density at radius 3 is 2.12 bits per heavy atom. The number of carbonyl (C=O) groups is 1. The molecule has 0 spiro atoms. The van der Waals surface area contributed by atoms with Crippen LogP contribution in [0.2, 0.25) is 5.15 Å². The van der Waals surface area contributed by atoms with Crippen molar-refractivity contribution in [2.24, 2.45) is 0 Å². The molecule has 4 nitrogen and oxygen atoms in total. The Hall–Kier alpha value is -2.69. The molecular weight excluding hydrogens is 346 g/mol. The number of hydrogen-bond acceptors (Lipinski definition) is 2. The normalized spacial score (nSPS) is 12.0. The van der Waals surface area contributed by atoms with Crippen molar-refractivity contribution in [3.05, 3.63) is 95.3 Å². The summed E-state index contributed by atoms with van der Waals surface area (Å²) < 4.78 is 0. The van der Waals surface area contributed by atoms with Gasteiger partial charge in [0.15, 0.2) is 11.7 Å². The number of amides is 1. The summed E-state index contributed by atoms with van der Waals surface area (Å²) in [5, 5.41) is 3.14. The summed E-state index contributed by atoms with van der Waals surface area (Å²) in [6.45, 7) is 0.305. The molecule has 0 aliphatic heterocycles. The standard InChI is InChI=1S/C21H20ClN3O/c1-25(15-19(26)24-18-13-8-14-23-21(18)22)20(16-9-4-2-5-10-16)17-11-6-3-7-12-17/h2-14,20H,15H2,1H3,(H,24,26)/p+1. The molecule has 2 aromatic carbocycles. The van der Waals surface area contributed by atoms with Crippen LogP contribution in [-0.2, 0) is 4.79 Å². The smallest absolute Gasteiger partial charge is 0.279 e. The summed E-state index contributed by atoms with van der Waals surface area (Å²) >= 11 is 6.03. The van der Waals surface area contributed by atoms with Gasteiger partial charge in [-0.05, 0) is 12.1 Å². The fourth-order valence-electron chi connectivity index (χ4n) is 3.08. The lowest BCUT2D eigenvalue weighted by Gasteiger charge is -2.25. The predicted molar refractivity (Wildman–Crippen MR) is 104 cm³/mol. The zero-order valence-corrected chi connectivity index (χ0v) is 15.3. The molecule has 3 rings (SSSR count). The maximum atomic E-state index is 12.5. The summed E-state index contributed by atoms with van der Waals surface area (Å²) in [5.41, 5.74) is 2.87. The van der Waals surface area contributed by atoms with Gasteiger partial charge < -0.3 is 10.2 Å². The molecule has 5 heteroatoms. The van der Waals surface area contributed by atoms with E-state index in [9.17, 15) is 4.79 Å². The molecule has 0 bridgehead atoms. The zero-order valence-electron chi connectivity index (χ0n) is 14.5. The molecule has 26 heavy (non-hydrogen) atoms. The van der Waals surface area contributed by atoms with E-state index in [2.05, 4.69) is 34.6 Å². The number of quaternary nitrogens is 1. The first-order chi connectivity index (χ1) is 12.6. The Morgan fingerprint density at radius 1 is 1.00 bits per heavy atom. The molecule has 0 radical (unpaired) electrons. The van der Waals surface area contributed by atoms with Gasteiger partial charge in [0.2, 0.25) is 0 Å². The van der Waals surface area contributed by atoms with Crippen molar-refractivity contribution < 1.29 is 9.69 Å². The Balaban J connectivity index is 1.79. The minimum absolute atomic E-state index is 0.0625. The van der Waals surface area contributed by atoms with Crippen molar-refractivity contribution >= 4 is 23.2 Å². The molecule has 1 aromatic heterocycles. The second kappa shape index (κ2) is 8.61. The highest BCUT2D eigenvalue weighted by Gasteiger charge is 2.25. The van der Waals surface area contributed by atoms with Gasteiger partial charge in [-0.25, -0.2) is 4.98 Å². The zero-order chi connectivity index (χ0) is 18.4. The minimum atomic E-state index is -0.103. The SMILES string of the molecule is C[NH+](CC(=O)Nc1cccnc1Cl)C(c1ccccc1)c1ccccc1. The maximum absolute atomic E-state index is 12.5. The van der Waals surface area contributed by atoms with Crippen molar-refractivity contribution in [3.63, 3.8) is 0 Å². The summed E-state index contributed by atoms with van der Waals surface area (Å²) in [4.78, 5) is 17.6. The Bertz CT molecular complexity index is 816. The number of halogens is 1. The van der Waals surface area contributed by atoms with Crippen LogP contribution in [0.3, 0.4) is 0 Å². The van der Waals surface area contributed by atoms with Crippen LogP contribution < -0.4 is 10.2 Å². The number of likely N-dealkylation sites (N-methyl/N-ethyl adjacent to an activating group) is 1. The average Bonchev–Trinajstić information content (AvgIpc) is 2.65. The minimum Gasteiger partial charge on any atom is -0.320 e. The van der Waals surface area contributed by atoms with Crippen LogP contribution in [0.5, 0.6) is 0 Å². The molecule has 3 aromatic rings. The van der Waals surface area contributed by atoms with Crippen molar-refractivity contribution in [1.82, 2.24) is 4.98 Å². The average molecular weight is 367 g/mol. The summed E-state index contributed by atoms with van der Waals surface area (Å²) in [6.07, 6.45) is 1.59. The molecule has 1 atom stereocenters. The first kappa shape index (κ1) is 18.1. The first-order valence-corrected chi connectivity index (χ1v) is 8.85. The molecule has 1 heterocycles. The van der Waals surface area contributed by atoms with Crippen LogP contribution in [0.1, 0.15) is 17.2 Å². The van der Waals surface area contributed by atoms with E-state index in [0.29, 0.717) is 17.4 Å². The maximum Gasteiger partial charge on any atom is 0.279 e. The van der Waals surface area contributed by atoms with Gasteiger partial charge in [0.1, 0.15) is 6.04 Å². The van der Waals surface area contributed by atoms with Crippen molar-refractivity contribution in [2.75, 3.05) is 18.9 Å². The second-order valence-electron chi connectivity index (χ2n) is 6.17. The number of anilines is 1. The molecule has 132 valence electrons. The van der Waals surface area contributed by atoms with Crippen LogP contribution in [0, 0.1) is 0 Å². The Labute approximate surface area is 158 Å². The van der Waals surface area contributed by atoms with E-state index >= 15 is 0 Å². The third-order valence-electron chi connectivity index (χ3n) is 4.23. The van der Waals surface area contributed by atoms with E-state index in [-0.39, 0.29) is 11.9 Å². The summed E-state index contributed by atoms with van der Waals surface area (Å²) in [5.74, 6) is -0.103. The number of aromatic nitrogens is 1. The summed E-state index contributed by atoms with van der Waals surface area (Å²) in [6, 6.07) is 24.0.